The number of esters is 1. The number of nitrogens with zero attached hydrogens (tertiary/aromatic N) is 1. The second-order valence-corrected chi connectivity index (χ2v) is 12.7. The molecule has 0 radical (unpaired) electrons. The van der Waals surface area contributed by atoms with Crippen LogP contribution < -0.4 is 10.6 Å². The van der Waals surface area contributed by atoms with Crippen LogP contribution in [0.15, 0.2) is 18.2 Å². The van der Waals surface area contributed by atoms with Crippen LogP contribution in [0.25, 0.3) is 0 Å². The van der Waals surface area contributed by atoms with Gasteiger partial charge in [0.15, 0.2) is 0 Å². The van der Waals surface area contributed by atoms with Crippen molar-refractivity contribution in [1.29, 1.82) is 0 Å². The number of fused-ring (bicyclic) bond motifs is 1. The molecule has 4 amide bonds. The number of anilines is 1. The Balaban J connectivity index is 0.984. The first kappa shape index (κ1) is 49.7. The lowest BCUT2D eigenvalue weighted by molar-refractivity contribution is -0.142. The van der Waals surface area contributed by atoms with Gasteiger partial charge in [-0.1, -0.05) is 6.07 Å². The molecule has 1 saturated heterocycles. The van der Waals surface area contributed by atoms with Crippen molar-refractivity contribution in [3.05, 3.63) is 29.3 Å². The van der Waals surface area contributed by atoms with Crippen molar-refractivity contribution in [1.82, 2.24) is 10.2 Å². The number of hydrogen-bond acceptors (Lipinski definition) is 18. The van der Waals surface area contributed by atoms with Crippen molar-refractivity contribution in [2.75, 3.05) is 164 Å². The van der Waals surface area contributed by atoms with Crippen molar-refractivity contribution >= 4 is 35.3 Å². The van der Waals surface area contributed by atoms with Gasteiger partial charge in [-0.05, 0) is 18.6 Å². The topological polar surface area (TPSA) is 223 Å². The molecule has 1 aromatic rings. The molecule has 1 atom stereocenters. The van der Waals surface area contributed by atoms with Crippen LogP contribution in [0.5, 0.6) is 0 Å². The van der Waals surface area contributed by atoms with Crippen molar-refractivity contribution < 1.29 is 80.8 Å². The first-order valence-corrected chi connectivity index (χ1v) is 19.9. The van der Waals surface area contributed by atoms with E-state index in [1.54, 1.807) is 18.2 Å². The second-order valence-electron chi connectivity index (χ2n) is 12.7. The van der Waals surface area contributed by atoms with E-state index in [0.717, 1.165) is 4.90 Å². The van der Waals surface area contributed by atoms with Gasteiger partial charge in [0.05, 0.1) is 170 Å². The first-order chi connectivity index (χ1) is 28.9. The Labute approximate surface area is 344 Å². The van der Waals surface area contributed by atoms with E-state index in [2.05, 4.69) is 15.4 Å². The third-order valence-corrected chi connectivity index (χ3v) is 8.43. The van der Waals surface area contributed by atoms with Gasteiger partial charge in [0.2, 0.25) is 11.8 Å². The summed E-state index contributed by atoms with van der Waals surface area (Å²) < 4.78 is 64.6. The largest absolute Gasteiger partial charge is 0.469 e. The van der Waals surface area contributed by atoms with Crippen molar-refractivity contribution in [2.45, 2.75) is 25.3 Å². The minimum absolute atomic E-state index is 0.0620. The van der Waals surface area contributed by atoms with Crippen molar-refractivity contribution in [2.24, 2.45) is 0 Å². The molecule has 1 fully saturated rings. The van der Waals surface area contributed by atoms with Crippen molar-refractivity contribution in [3.8, 4) is 0 Å². The van der Waals surface area contributed by atoms with Gasteiger partial charge >= 0.3 is 5.97 Å². The van der Waals surface area contributed by atoms with E-state index in [9.17, 15) is 24.0 Å². The molecule has 3 rings (SSSR count). The average molecular weight is 844 g/mol. The van der Waals surface area contributed by atoms with Crippen LogP contribution in [0.1, 0.15) is 40.0 Å². The van der Waals surface area contributed by atoms with E-state index < -0.39 is 29.7 Å². The van der Waals surface area contributed by atoms with Gasteiger partial charge in [-0.15, -0.1) is 0 Å². The maximum atomic E-state index is 13.2. The fourth-order valence-corrected chi connectivity index (χ4v) is 5.48. The smallest absolute Gasteiger partial charge is 0.307 e. The summed E-state index contributed by atoms with van der Waals surface area (Å²) in [6.45, 7) is 9.89. The fourth-order valence-electron chi connectivity index (χ4n) is 5.48. The molecule has 2 heterocycles. The zero-order chi connectivity index (χ0) is 42.2. The summed E-state index contributed by atoms with van der Waals surface area (Å²) in [6, 6.07) is 3.89. The SMILES string of the molecule is COC(=O)CCOCCOCCOCCOCCOCCOCCOCCOCCOCCOCCOCCNc1cccc2c1C(=O)N(C1CCC(=O)NC1=O)C2=O. The van der Waals surface area contributed by atoms with Crippen LogP contribution in [0.4, 0.5) is 5.69 Å². The number of benzene rings is 1. The highest BCUT2D eigenvalue weighted by Gasteiger charge is 2.45. The molecule has 0 aromatic heterocycles. The minimum atomic E-state index is -1.01. The Kier molecular flexibility index (Phi) is 27.1. The quantitative estimate of drug-likeness (QED) is 0.0517. The summed E-state index contributed by atoms with van der Waals surface area (Å²) in [4.78, 5) is 61.8. The summed E-state index contributed by atoms with van der Waals surface area (Å²) in [5, 5.41) is 5.33. The van der Waals surface area contributed by atoms with E-state index in [4.69, 9.17) is 52.1 Å². The van der Waals surface area contributed by atoms with Gasteiger partial charge in [0, 0.05) is 18.7 Å². The van der Waals surface area contributed by atoms with Crippen LogP contribution in [0, 0.1) is 0 Å². The Hall–Kier alpha value is -3.67. The van der Waals surface area contributed by atoms with Crippen LogP contribution in [0.2, 0.25) is 0 Å². The molecule has 2 aliphatic heterocycles. The molecular weight excluding hydrogens is 782 g/mol. The van der Waals surface area contributed by atoms with Gasteiger partial charge < -0.3 is 62.2 Å². The maximum absolute atomic E-state index is 13.2. The molecule has 20 heteroatoms. The molecule has 1 unspecified atom stereocenters. The summed E-state index contributed by atoms with van der Waals surface area (Å²) in [7, 11) is 1.34. The molecule has 2 aliphatic rings. The number of imide groups is 2. The number of rotatable bonds is 38. The zero-order valence-corrected chi connectivity index (χ0v) is 34.1. The predicted molar refractivity (Wildman–Crippen MR) is 207 cm³/mol. The van der Waals surface area contributed by atoms with E-state index in [1.807, 2.05) is 0 Å². The molecule has 2 N–H and O–H groups in total. The molecule has 1 aromatic carbocycles. The average Bonchev–Trinajstić information content (AvgIpc) is 3.49. The highest BCUT2D eigenvalue weighted by atomic mass is 16.6. The summed E-state index contributed by atoms with van der Waals surface area (Å²) in [5.74, 6) is -2.48. The minimum Gasteiger partial charge on any atom is -0.469 e. The van der Waals surface area contributed by atoms with E-state index in [0.29, 0.717) is 158 Å². The van der Waals surface area contributed by atoms with E-state index in [1.165, 1.54) is 7.11 Å². The lowest BCUT2D eigenvalue weighted by Gasteiger charge is -2.27. The van der Waals surface area contributed by atoms with Gasteiger partial charge in [0.1, 0.15) is 6.04 Å². The van der Waals surface area contributed by atoms with E-state index in [-0.39, 0.29) is 36.4 Å². The normalized spacial score (nSPS) is 15.2. The molecule has 0 saturated carbocycles. The summed E-state index contributed by atoms with van der Waals surface area (Å²) in [5.41, 5.74) is 0.895. The summed E-state index contributed by atoms with van der Waals surface area (Å²) >= 11 is 0. The molecule has 0 spiro atoms. The third kappa shape index (κ3) is 20.9. The highest BCUT2D eigenvalue weighted by molar-refractivity contribution is 6.25. The fraction of sp³-hybridized carbons (Fsp3) is 0.718. The van der Waals surface area contributed by atoms with Crippen LogP contribution in [-0.4, -0.2) is 200 Å². The monoisotopic (exact) mass is 843 g/mol. The summed E-state index contributed by atoms with van der Waals surface area (Å²) in [6.07, 6.45) is 0.394. The maximum Gasteiger partial charge on any atom is 0.307 e. The van der Waals surface area contributed by atoms with Gasteiger partial charge in [-0.3, -0.25) is 34.2 Å². The molecule has 59 heavy (non-hydrogen) atoms. The standard InChI is InChI=1S/C39H61N3O17/c1-48-35(44)7-9-49-11-13-51-15-17-53-19-21-55-23-25-57-27-29-59-30-28-58-26-24-56-22-20-54-18-16-52-14-12-50-10-8-40-32-4-2-3-31-36(32)39(47)42(38(31)46)33-5-6-34(43)41-37(33)45/h2-4,33,40H,5-30H2,1H3,(H,41,43,45). The zero-order valence-electron chi connectivity index (χ0n) is 34.1. The number of amides is 4. The number of carbonyl (C=O) groups excluding carboxylic acids is 5. The number of piperidine rings is 1. The van der Waals surface area contributed by atoms with Crippen molar-refractivity contribution in [3.63, 3.8) is 0 Å². The number of methoxy groups -OCH3 is 1. The number of carbonyl (C=O) groups is 5. The molecule has 0 aliphatic carbocycles. The Morgan fingerprint density at radius 2 is 1.00 bits per heavy atom. The molecular formula is C39H61N3O17. The molecule has 20 nitrogen and oxygen atoms in total. The lowest BCUT2D eigenvalue weighted by atomic mass is 10.0. The van der Waals surface area contributed by atoms with Crippen LogP contribution >= 0.6 is 0 Å². The highest BCUT2D eigenvalue weighted by Crippen LogP contribution is 2.32. The first-order valence-electron chi connectivity index (χ1n) is 19.9. The predicted octanol–water partition coefficient (Wildman–Crippen LogP) is 0.245. The molecule has 334 valence electrons. The number of nitrogens with one attached hydrogen (secondary N) is 2. The lowest BCUT2D eigenvalue weighted by Crippen LogP contribution is -2.54. The molecule has 0 bridgehead atoms. The number of hydrogen-bond donors (Lipinski definition) is 2. The van der Waals surface area contributed by atoms with Crippen LogP contribution in [-0.2, 0) is 71.2 Å². The Morgan fingerprint density at radius 3 is 1.41 bits per heavy atom. The third-order valence-electron chi connectivity index (χ3n) is 8.43. The van der Waals surface area contributed by atoms with Gasteiger partial charge in [-0.25, -0.2) is 0 Å². The van der Waals surface area contributed by atoms with Gasteiger partial charge in [-0.2, -0.15) is 0 Å². The second kappa shape index (κ2) is 32.1. The van der Waals surface area contributed by atoms with E-state index >= 15 is 0 Å². The Bertz CT molecular complexity index is 1370. The van der Waals surface area contributed by atoms with Gasteiger partial charge in [0.25, 0.3) is 11.8 Å². The Morgan fingerprint density at radius 1 is 0.593 bits per heavy atom. The van der Waals surface area contributed by atoms with Crippen LogP contribution in [0.3, 0.4) is 0 Å². The number of ether oxygens (including phenoxy) is 12.